The van der Waals surface area contributed by atoms with Gasteiger partial charge in [-0.05, 0) is 48.9 Å². The zero-order valence-corrected chi connectivity index (χ0v) is 21.3. The van der Waals surface area contributed by atoms with Crippen molar-refractivity contribution in [2.24, 2.45) is 0 Å². The fraction of sp³-hybridized carbons (Fsp3) is 0.292. The number of ether oxygens (including phenoxy) is 2. The Labute approximate surface area is 205 Å². The van der Waals surface area contributed by atoms with Crippen LogP contribution in [-0.4, -0.2) is 33.6 Å². The molecular formula is C24H25BrN4O3S. The first-order valence-electron chi connectivity index (χ1n) is 10.5. The highest BCUT2D eigenvalue weighted by Gasteiger charge is 2.36. The average Bonchev–Trinajstić information content (AvgIpc) is 3.20. The van der Waals surface area contributed by atoms with Crippen LogP contribution in [0.5, 0.6) is 5.75 Å². The molecule has 33 heavy (non-hydrogen) atoms. The number of carbonyl (C=O) groups excluding carboxylic acids is 1. The van der Waals surface area contributed by atoms with Crippen LogP contribution < -0.4 is 10.1 Å². The number of fused-ring (bicyclic) bond motifs is 1. The molecule has 0 amide bonds. The van der Waals surface area contributed by atoms with Crippen LogP contribution in [0.25, 0.3) is 0 Å². The normalized spacial score (nSPS) is 15.1. The van der Waals surface area contributed by atoms with E-state index >= 15 is 0 Å². The van der Waals surface area contributed by atoms with Gasteiger partial charge in [-0.15, -0.1) is 5.10 Å². The van der Waals surface area contributed by atoms with Crippen LogP contribution >= 0.6 is 27.7 Å². The highest BCUT2D eigenvalue weighted by molar-refractivity contribution is 9.10. The van der Waals surface area contributed by atoms with Crippen molar-refractivity contribution in [3.63, 3.8) is 0 Å². The quantitative estimate of drug-likeness (QED) is 0.320. The number of aryl methyl sites for hydroxylation is 1. The van der Waals surface area contributed by atoms with E-state index in [1.54, 1.807) is 16.4 Å². The van der Waals surface area contributed by atoms with Crippen LogP contribution in [-0.2, 0) is 16.1 Å². The number of nitrogens with one attached hydrogen (secondary N) is 1. The standard InChI is InChI=1S/C24H25BrN4O3S/c1-5-33-24-27-23-26-15(3)20(22(30)31-4)21(29(23)28-24)18-12-17(25)10-11-19(18)32-13-16-9-7-6-8-14(16)2/h6-12,21H,5,13H2,1-4H3,(H,26,27,28). The number of hydrogen-bond acceptors (Lipinski definition) is 7. The number of allylic oxidation sites excluding steroid dienone is 1. The van der Waals surface area contributed by atoms with E-state index < -0.39 is 12.0 Å². The number of rotatable bonds is 7. The third-order valence-corrected chi connectivity index (χ3v) is 6.64. The van der Waals surface area contributed by atoms with Gasteiger partial charge in [0.05, 0.1) is 12.7 Å². The summed E-state index contributed by atoms with van der Waals surface area (Å²) in [5.41, 5.74) is 4.17. The first-order valence-corrected chi connectivity index (χ1v) is 12.3. The molecule has 9 heteroatoms. The van der Waals surface area contributed by atoms with Crippen LogP contribution in [0.4, 0.5) is 5.95 Å². The third kappa shape index (κ3) is 4.79. The molecule has 2 heterocycles. The van der Waals surface area contributed by atoms with E-state index in [4.69, 9.17) is 14.6 Å². The minimum atomic E-state index is -0.559. The second-order valence-electron chi connectivity index (χ2n) is 7.55. The van der Waals surface area contributed by atoms with Crippen LogP contribution in [0.3, 0.4) is 0 Å². The van der Waals surface area contributed by atoms with Gasteiger partial charge in [-0.1, -0.05) is 58.9 Å². The Morgan fingerprint density at radius 3 is 2.76 bits per heavy atom. The van der Waals surface area contributed by atoms with Crippen molar-refractivity contribution >= 4 is 39.6 Å². The summed E-state index contributed by atoms with van der Waals surface area (Å²) in [7, 11) is 1.38. The lowest BCUT2D eigenvalue weighted by molar-refractivity contribution is -0.136. The smallest absolute Gasteiger partial charge is 0.338 e. The molecule has 0 aliphatic carbocycles. The van der Waals surface area contributed by atoms with E-state index in [1.165, 1.54) is 7.11 Å². The van der Waals surface area contributed by atoms with E-state index in [9.17, 15) is 4.79 Å². The van der Waals surface area contributed by atoms with E-state index in [1.807, 2.05) is 50.2 Å². The molecule has 1 N–H and O–H groups in total. The number of aromatic nitrogens is 3. The fourth-order valence-electron chi connectivity index (χ4n) is 3.78. The number of thioether (sulfide) groups is 1. The van der Waals surface area contributed by atoms with Crippen molar-refractivity contribution in [1.82, 2.24) is 14.8 Å². The molecule has 1 aromatic heterocycles. The van der Waals surface area contributed by atoms with Crippen molar-refractivity contribution < 1.29 is 14.3 Å². The van der Waals surface area contributed by atoms with Crippen molar-refractivity contribution in [3.05, 3.63) is 74.9 Å². The molecule has 1 aliphatic rings. The predicted molar refractivity (Wildman–Crippen MR) is 133 cm³/mol. The molecule has 1 atom stereocenters. The number of carbonyl (C=O) groups is 1. The molecule has 7 nitrogen and oxygen atoms in total. The number of benzene rings is 2. The maximum Gasteiger partial charge on any atom is 0.338 e. The summed E-state index contributed by atoms with van der Waals surface area (Å²) in [5.74, 6) is 1.65. The molecule has 0 fully saturated rings. The summed E-state index contributed by atoms with van der Waals surface area (Å²) >= 11 is 5.12. The van der Waals surface area contributed by atoms with Crippen LogP contribution in [0.2, 0.25) is 0 Å². The molecule has 2 aromatic carbocycles. The average molecular weight is 529 g/mol. The number of nitrogens with zero attached hydrogens (tertiary/aromatic N) is 3. The minimum absolute atomic E-state index is 0.406. The lowest BCUT2D eigenvalue weighted by atomic mass is 9.95. The van der Waals surface area contributed by atoms with Crippen molar-refractivity contribution in [2.45, 2.75) is 38.6 Å². The minimum Gasteiger partial charge on any atom is -0.489 e. The Morgan fingerprint density at radius 1 is 1.24 bits per heavy atom. The van der Waals surface area contributed by atoms with Crippen LogP contribution in [0.15, 0.2) is 63.4 Å². The van der Waals surface area contributed by atoms with E-state index in [-0.39, 0.29) is 0 Å². The number of hydrogen-bond donors (Lipinski definition) is 1. The topological polar surface area (TPSA) is 78.3 Å². The summed E-state index contributed by atoms with van der Waals surface area (Å²) in [5, 5.41) is 8.54. The van der Waals surface area contributed by atoms with Crippen molar-refractivity contribution in [2.75, 3.05) is 18.2 Å². The molecule has 4 rings (SSSR count). The number of esters is 1. The molecule has 0 spiro atoms. The van der Waals surface area contributed by atoms with Gasteiger partial charge in [0.25, 0.3) is 0 Å². The molecule has 0 saturated carbocycles. The molecule has 0 radical (unpaired) electrons. The second-order valence-corrected chi connectivity index (χ2v) is 9.70. The summed E-state index contributed by atoms with van der Waals surface area (Å²) < 4.78 is 14.0. The fourth-order valence-corrected chi connectivity index (χ4v) is 4.71. The zero-order chi connectivity index (χ0) is 23.5. The number of anilines is 1. The van der Waals surface area contributed by atoms with Gasteiger partial charge < -0.3 is 14.8 Å². The Bertz CT molecular complexity index is 1220. The first-order chi connectivity index (χ1) is 15.9. The van der Waals surface area contributed by atoms with Gasteiger partial charge in [0.2, 0.25) is 11.1 Å². The highest BCUT2D eigenvalue weighted by atomic mass is 79.9. The first kappa shape index (κ1) is 23.4. The molecule has 3 aromatic rings. The molecule has 172 valence electrons. The summed E-state index contributed by atoms with van der Waals surface area (Å²) in [6.07, 6.45) is 0. The second kappa shape index (κ2) is 10.0. The monoisotopic (exact) mass is 528 g/mol. The molecule has 1 unspecified atom stereocenters. The zero-order valence-electron chi connectivity index (χ0n) is 18.9. The SMILES string of the molecule is CCSc1nc2n(n1)C(c1cc(Br)ccc1OCc1ccccc1C)C(C(=O)OC)=C(C)N2. The highest BCUT2D eigenvalue weighted by Crippen LogP contribution is 2.41. The maximum atomic E-state index is 12.9. The lowest BCUT2D eigenvalue weighted by Crippen LogP contribution is -2.29. The maximum absolute atomic E-state index is 12.9. The molecular weight excluding hydrogens is 504 g/mol. The van der Waals surface area contributed by atoms with Gasteiger partial charge >= 0.3 is 5.97 Å². The van der Waals surface area contributed by atoms with Crippen molar-refractivity contribution in [1.29, 1.82) is 0 Å². The summed E-state index contributed by atoms with van der Waals surface area (Å²) in [6.45, 7) is 6.36. The van der Waals surface area contributed by atoms with Crippen LogP contribution in [0.1, 0.15) is 36.6 Å². The summed E-state index contributed by atoms with van der Waals surface area (Å²) in [4.78, 5) is 17.5. The van der Waals surface area contributed by atoms with Gasteiger partial charge in [0.1, 0.15) is 18.4 Å². The molecule has 0 saturated heterocycles. The molecule has 0 bridgehead atoms. The lowest BCUT2D eigenvalue weighted by Gasteiger charge is -2.29. The molecule has 1 aliphatic heterocycles. The van der Waals surface area contributed by atoms with Gasteiger partial charge in [0, 0.05) is 15.7 Å². The van der Waals surface area contributed by atoms with E-state index in [2.05, 4.69) is 39.2 Å². The predicted octanol–water partition coefficient (Wildman–Crippen LogP) is 5.50. The van der Waals surface area contributed by atoms with Gasteiger partial charge in [-0.2, -0.15) is 4.98 Å². The Kier molecular flexibility index (Phi) is 7.09. The Balaban J connectivity index is 1.82. The number of halogens is 1. The van der Waals surface area contributed by atoms with E-state index in [0.29, 0.717) is 34.7 Å². The Morgan fingerprint density at radius 2 is 2.03 bits per heavy atom. The number of methoxy groups -OCH3 is 1. The largest absolute Gasteiger partial charge is 0.489 e. The van der Waals surface area contributed by atoms with Gasteiger partial charge in [0.15, 0.2) is 0 Å². The van der Waals surface area contributed by atoms with Gasteiger partial charge in [-0.3, -0.25) is 0 Å². The third-order valence-electron chi connectivity index (χ3n) is 5.42. The van der Waals surface area contributed by atoms with Gasteiger partial charge in [-0.25, -0.2) is 9.48 Å². The van der Waals surface area contributed by atoms with Crippen LogP contribution in [0, 0.1) is 6.92 Å². The van der Waals surface area contributed by atoms with Crippen molar-refractivity contribution in [3.8, 4) is 5.75 Å². The summed E-state index contributed by atoms with van der Waals surface area (Å²) in [6, 6.07) is 13.3. The Hall–Kier alpha value is -2.78. The van der Waals surface area contributed by atoms with E-state index in [0.717, 1.165) is 26.9 Å².